The largest absolute Gasteiger partial charge is 0.382 e. The number of halogens is 2. The van der Waals surface area contributed by atoms with Crippen LogP contribution in [-0.2, 0) is 10.0 Å². The fraction of sp³-hybridized carbons (Fsp3) is 0.500. The molecule has 0 radical (unpaired) electrons. The lowest BCUT2D eigenvalue weighted by molar-refractivity contribution is 0.209. The van der Waals surface area contributed by atoms with Gasteiger partial charge < -0.3 is 5.32 Å². The van der Waals surface area contributed by atoms with E-state index in [4.69, 9.17) is 11.6 Å². The number of hydrogen-bond donors (Lipinski definition) is 2. The number of sulfonamides is 1. The summed E-state index contributed by atoms with van der Waals surface area (Å²) < 4.78 is 41.7. The summed E-state index contributed by atoms with van der Waals surface area (Å²) in [6.45, 7) is 2.86. The lowest BCUT2D eigenvalue weighted by Crippen LogP contribution is -2.44. The molecule has 0 aliphatic carbocycles. The number of fused-ring (bicyclic) bond motifs is 1. The highest BCUT2D eigenvalue weighted by atomic mass is 35.5. The molecular formula is C16H19ClFN5O2S2. The molecule has 27 heavy (non-hydrogen) atoms. The molecule has 7 nitrogen and oxygen atoms in total. The highest BCUT2D eigenvalue weighted by molar-refractivity contribution is 7.93. The van der Waals surface area contributed by atoms with E-state index in [1.807, 2.05) is 0 Å². The van der Waals surface area contributed by atoms with Crippen molar-refractivity contribution in [3.05, 3.63) is 28.5 Å². The van der Waals surface area contributed by atoms with E-state index in [0.717, 1.165) is 50.1 Å². The summed E-state index contributed by atoms with van der Waals surface area (Å²) in [7, 11) is -4.14. The minimum absolute atomic E-state index is 0.0642. The second kappa shape index (κ2) is 7.16. The van der Waals surface area contributed by atoms with Crippen LogP contribution in [0.4, 0.5) is 15.2 Å². The van der Waals surface area contributed by atoms with Gasteiger partial charge in [0.2, 0.25) is 5.13 Å². The van der Waals surface area contributed by atoms with Gasteiger partial charge in [-0.25, -0.2) is 12.8 Å². The molecule has 3 heterocycles. The third kappa shape index (κ3) is 3.51. The van der Waals surface area contributed by atoms with Gasteiger partial charge in [-0.05, 0) is 50.9 Å². The summed E-state index contributed by atoms with van der Waals surface area (Å²) in [5, 5.41) is 10.2. The van der Waals surface area contributed by atoms with E-state index >= 15 is 0 Å². The lowest BCUT2D eigenvalue weighted by atomic mass is 9.94. The topological polar surface area (TPSA) is 87.2 Å². The van der Waals surface area contributed by atoms with Gasteiger partial charge in [-0.15, -0.1) is 10.2 Å². The van der Waals surface area contributed by atoms with Gasteiger partial charge in [-0.1, -0.05) is 22.9 Å². The molecule has 0 amide bonds. The zero-order valence-electron chi connectivity index (χ0n) is 14.4. The molecule has 0 spiro atoms. The van der Waals surface area contributed by atoms with Crippen molar-refractivity contribution in [2.75, 3.05) is 29.7 Å². The molecule has 146 valence electrons. The van der Waals surface area contributed by atoms with Gasteiger partial charge >= 0.3 is 0 Å². The molecule has 11 heteroatoms. The van der Waals surface area contributed by atoms with Crippen molar-refractivity contribution in [3.8, 4) is 0 Å². The van der Waals surface area contributed by atoms with Gasteiger partial charge in [-0.2, -0.15) is 0 Å². The van der Waals surface area contributed by atoms with Crippen LogP contribution in [-0.4, -0.2) is 48.7 Å². The van der Waals surface area contributed by atoms with Crippen LogP contribution in [0.2, 0.25) is 5.02 Å². The van der Waals surface area contributed by atoms with E-state index in [1.165, 1.54) is 17.6 Å². The predicted molar refractivity (Wildman–Crippen MR) is 103 cm³/mol. The Morgan fingerprint density at radius 3 is 2.70 bits per heavy atom. The predicted octanol–water partition coefficient (Wildman–Crippen LogP) is 3.17. The number of hydrogen-bond acceptors (Lipinski definition) is 7. The Labute approximate surface area is 166 Å². The number of rotatable bonds is 6. The Balaban J connectivity index is 1.54. The molecule has 2 N–H and O–H groups in total. The van der Waals surface area contributed by atoms with E-state index < -0.39 is 20.7 Å². The van der Waals surface area contributed by atoms with E-state index in [0.29, 0.717) is 12.2 Å². The number of aromatic nitrogens is 2. The fourth-order valence-electron chi connectivity index (χ4n) is 4.04. The minimum Gasteiger partial charge on any atom is -0.382 e. The van der Waals surface area contributed by atoms with Crippen molar-refractivity contribution in [3.63, 3.8) is 0 Å². The van der Waals surface area contributed by atoms with Crippen molar-refractivity contribution in [1.29, 1.82) is 0 Å². The second-order valence-electron chi connectivity index (χ2n) is 6.86. The molecular weight excluding hydrogens is 413 g/mol. The number of nitrogens with one attached hydrogen (secondary N) is 2. The van der Waals surface area contributed by atoms with Crippen LogP contribution in [0.5, 0.6) is 0 Å². The monoisotopic (exact) mass is 431 g/mol. The van der Waals surface area contributed by atoms with E-state index in [2.05, 4.69) is 25.1 Å². The Bertz CT molecular complexity index is 929. The average molecular weight is 432 g/mol. The van der Waals surface area contributed by atoms with Crippen LogP contribution in [0.25, 0.3) is 0 Å². The fourth-order valence-corrected chi connectivity index (χ4v) is 6.10. The second-order valence-corrected chi connectivity index (χ2v) is 9.72. The first-order chi connectivity index (χ1) is 12.9. The molecule has 0 saturated carbocycles. The SMILES string of the molecule is O=S(=O)(Nc1nncs1)c1ccc(NCC23CCCN2CCC3)c(Cl)c1F. The first-order valence-corrected chi connectivity index (χ1v) is 11.4. The van der Waals surface area contributed by atoms with Gasteiger partial charge in [0.05, 0.1) is 5.69 Å². The Morgan fingerprint density at radius 2 is 2.04 bits per heavy atom. The normalized spacial score (nSPS) is 19.2. The number of benzene rings is 1. The smallest absolute Gasteiger partial charge is 0.266 e. The van der Waals surface area contributed by atoms with Gasteiger partial charge in [-0.3, -0.25) is 9.62 Å². The molecule has 2 aromatic rings. The molecule has 1 aromatic carbocycles. The summed E-state index contributed by atoms with van der Waals surface area (Å²) in [5.74, 6) is -0.981. The molecule has 2 aliphatic heterocycles. The van der Waals surface area contributed by atoms with Gasteiger partial charge in [0.25, 0.3) is 10.0 Å². The summed E-state index contributed by atoms with van der Waals surface area (Å²) in [6, 6.07) is 2.72. The third-order valence-electron chi connectivity index (χ3n) is 5.34. The highest BCUT2D eigenvalue weighted by Gasteiger charge is 2.43. The van der Waals surface area contributed by atoms with Crippen LogP contribution in [0.15, 0.2) is 22.5 Å². The van der Waals surface area contributed by atoms with Crippen LogP contribution < -0.4 is 10.0 Å². The molecule has 2 saturated heterocycles. The van der Waals surface area contributed by atoms with E-state index in [9.17, 15) is 12.8 Å². The number of anilines is 2. The summed E-state index contributed by atoms with van der Waals surface area (Å²) in [6.07, 6.45) is 4.55. The zero-order chi connectivity index (χ0) is 19.1. The summed E-state index contributed by atoms with van der Waals surface area (Å²) in [4.78, 5) is 1.96. The van der Waals surface area contributed by atoms with Crippen LogP contribution in [0.1, 0.15) is 25.7 Å². The Morgan fingerprint density at radius 1 is 1.30 bits per heavy atom. The summed E-state index contributed by atoms with van der Waals surface area (Å²) >= 11 is 7.15. The number of nitrogens with zero attached hydrogens (tertiary/aromatic N) is 3. The molecule has 2 fully saturated rings. The van der Waals surface area contributed by atoms with Gasteiger partial charge in [0.1, 0.15) is 15.4 Å². The standard InChI is InChI=1S/C16H19ClFN5O2S2/c17-13-11(19-9-16-5-1-7-23(16)8-2-6-16)3-4-12(14(13)18)27(24,25)22-15-21-20-10-26-15/h3-4,10,19H,1-2,5-9H2,(H,21,22). The van der Waals surface area contributed by atoms with E-state index in [1.54, 1.807) is 0 Å². The first-order valence-electron chi connectivity index (χ1n) is 8.67. The van der Waals surface area contributed by atoms with Crippen molar-refractivity contribution in [2.24, 2.45) is 0 Å². The van der Waals surface area contributed by atoms with Gasteiger partial charge in [0.15, 0.2) is 5.82 Å². The van der Waals surface area contributed by atoms with Crippen LogP contribution >= 0.6 is 22.9 Å². The van der Waals surface area contributed by atoms with Crippen LogP contribution in [0.3, 0.4) is 0 Å². The molecule has 0 unspecified atom stereocenters. The zero-order valence-corrected chi connectivity index (χ0v) is 16.8. The summed E-state index contributed by atoms with van der Waals surface area (Å²) in [5.41, 5.74) is 1.88. The Hall–Kier alpha value is -1.49. The highest BCUT2D eigenvalue weighted by Crippen LogP contribution is 2.39. The lowest BCUT2D eigenvalue weighted by Gasteiger charge is -2.32. The molecule has 0 atom stereocenters. The Kier molecular flexibility index (Phi) is 5.00. The minimum atomic E-state index is -4.14. The molecule has 0 bridgehead atoms. The van der Waals surface area contributed by atoms with Crippen LogP contribution in [0, 0.1) is 5.82 Å². The maximum atomic E-state index is 14.7. The quantitative estimate of drug-likeness (QED) is 0.730. The maximum absolute atomic E-state index is 14.7. The van der Waals surface area contributed by atoms with Crippen molar-refractivity contribution >= 4 is 43.8 Å². The van der Waals surface area contributed by atoms with Crippen molar-refractivity contribution < 1.29 is 12.8 Å². The van der Waals surface area contributed by atoms with E-state index in [-0.39, 0.29) is 15.7 Å². The third-order valence-corrected chi connectivity index (χ3v) is 7.80. The maximum Gasteiger partial charge on any atom is 0.266 e. The van der Waals surface area contributed by atoms with Gasteiger partial charge in [0, 0.05) is 12.1 Å². The average Bonchev–Trinajstić information content (AvgIpc) is 3.32. The van der Waals surface area contributed by atoms with Crippen molar-refractivity contribution in [1.82, 2.24) is 15.1 Å². The molecule has 2 aliphatic rings. The molecule has 4 rings (SSSR count). The first kappa shape index (κ1) is 18.9. The van der Waals surface area contributed by atoms with Crippen molar-refractivity contribution in [2.45, 2.75) is 36.1 Å². The molecule has 1 aromatic heterocycles.